The van der Waals surface area contributed by atoms with Crippen LogP contribution in [0.2, 0.25) is 0 Å². The van der Waals surface area contributed by atoms with Gasteiger partial charge in [-0.2, -0.15) is 5.10 Å². The SMILES string of the molecule is CCNC(=NCCCn1cccn1)N1CC=C(c2ccccc2)CC1.I. The number of hydrogen-bond donors (Lipinski definition) is 1. The van der Waals surface area contributed by atoms with Gasteiger partial charge in [0, 0.05) is 45.1 Å². The van der Waals surface area contributed by atoms with Crippen molar-refractivity contribution in [3.8, 4) is 0 Å². The van der Waals surface area contributed by atoms with E-state index in [4.69, 9.17) is 4.99 Å². The molecule has 1 aliphatic rings. The summed E-state index contributed by atoms with van der Waals surface area (Å²) in [6.07, 6.45) is 8.19. The topological polar surface area (TPSA) is 45.5 Å². The largest absolute Gasteiger partial charge is 0.357 e. The summed E-state index contributed by atoms with van der Waals surface area (Å²) in [5, 5.41) is 7.66. The molecule has 1 N–H and O–H groups in total. The number of guanidine groups is 1. The molecule has 0 saturated carbocycles. The molecule has 1 aromatic heterocycles. The zero-order chi connectivity index (χ0) is 17.3. The fourth-order valence-electron chi connectivity index (χ4n) is 3.05. The molecule has 0 bridgehead atoms. The predicted octanol–water partition coefficient (Wildman–Crippen LogP) is 3.65. The fourth-order valence-corrected chi connectivity index (χ4v) is 3.05. The number of hydrogen-bond acceptors (Lipinski definition) is 2. The molecule has 0 radical (unpaired) electrons. The van der Waals surface area contributed by atoms with E-state index in [-0.39, 0.29) is 24.0 Å². The Kier molecular flexibility index (Phi) is 8.67. The Morgan fingerprint density at radius 3 is 2.73 bits per heavy atom. The van der Waals surface area contributed by atoms with Gasteiger partial charge in [0.2, 0.25) is 0 Å². The van der Waals surface area contributed by atoms with Crippen LogP contribution in [0.4, 0.5) is 0 Å². The summed E-state index contributed by atoms with van der Waals surface area (Å²) in [5.41, 5.74) is 2.77. The van der Waals surface area contributed by atoms with Crippen molar-refractivity contribution in [1.82, 2.24) is 20.0 Å². The van der Waals surface area contributed by atoms with E-state index < -0.39 is 0 Å². The van der Waals surface area contributed by atoms with Gasteiger partial charge in [-0.15, -0.1) is 24.0 Å². The zero-order valence-electron chi connectivity index (χ0n) is 15.3. The Labute approximate surface area is 173 Å². The van der Waals surface area contributed by atoms with Crippen LogP contribution in [0.1, 0.15) is 25.3 Å². The quantitative estimate of drug-likeness (QED) is 0.307. The van der Waals surface area contributed by atoms with Crippen molar-refractivity contribution in [2.45, 2.75) is 26.3 Å². The van der Waals surface area contributed by atoms with E-state index in [1.165, 1.54) is 11.1 Å². The number of benzene rings is 1. The predicted molar refractivity (Wildman–Crippen MR) is 119 cm³/mol. The van der Waals surface area contributed by atoms with E-state index >= 15 is 0 Å². The first-order valence-corrected chi connectivity index (χ1v) is 9.12. The molecular formula is C20H28IN5. The van der Waals surface area contributed by atoms with E-state index in [1.807, 2.05) is 23.1 Å². The Hall–Kier alpha value is -1.83. The van der Waals surface area contributed by atoms with Crippen molar-refractivity contribution in [3.63, 3.8) is 0 Å². The van der Waals surface area contributed by atoms with Gasteiger partial charge in [-0.3, -0.25) is 9.67 Å². The number of nitrogens with one attached hydrogen (secondary N) is 1. The third-order valence-corrected chi connectivity index (χ3v) is 4.35. The molecule has 140 valence electrons. The van der Waals surface area contributed by atoms with Crippen LogP contribution in [0, 0.1) is 0 Å². The molecule has 0 fully saturated rings. The lowest BCUT2D eigenvalue weighted by molar-refractivity contribution is 0.439. The van der Waals surface area contributed by atoms with Gasteiger partial charge in [0.15, 0.2) is 5.96 Å². The first-order chi connectivity index (χ1) is 12.4. The number of aryl methyl sites for hydroxylation is 1. The maximum Gasteiger partial charge on any atom is 0.194 e. The molecule has 5 nitrogen and oxygen atoms in total. The highest BCUT2D eigenvalue weighted by Gasteiger charge is 2.15. The van der Waals surface area contributed by atoms with E-state index in [1.54, 1.807) is 0 Å². The summed E-state index contributed by atoms with van der Waals surface area (Å²) < 4.78 is 1.96. The molecule has 2 heterocycles. The molecule has 0 unspecified atom stereocenters. The maximum atomic E-state index is 4.80. The minimum Gasteiger partial charge on any atom is -0.357 e. The molecule has 26 heavy (non-hydrogen) atoms. The molecule has 1 aliphatic heterocycles. The first-order valence-electron chi connectivity index (χ1n) is 9.12. The molecule has 0 atom stereocenters. The normalized spacial score (nSPS) is 14.6. The minimum atomic E-state index is 0. The summed E-state index contributed by atoms with van der Waals surface area (Å²) in [5.74, 6) is 1.02. The van der Waals surface area contributed by atoms with E-state index in [0.29, 0.717) is 0 Å². The summed E-state index contributed by atoms with van der Waals surface area (Å²) in [7, 11) is 0. The second kappa shape index (κ2) is 11.0. The van der Waals surface area contributed by atoms with Crippen LogP contribution in [0.25, 0.3) is 5.57 Å². The Morgan fingerprint density at radius 1 is 1.23 bits per heavy atom. The van der Waals surface area contributed by atoms with Crippen LogP contribution in [-0.4, -0.2) is 46.8 Å². The highest BCUT2D eigenvalue weighted by atomic mass is 127. The Bertz CT molecular complexity index is 694. The van der Waals surface area contributed by atoms with Crippen molar-refractivity contribution in [1.29, 1.82) is 0 Å². The zero-order valence-corrected chi connectivity index (χ0v) is 17.7. The van der Waals surface area contributed by atoms with Gasteiger partial charge < -0.3 is 10.2 Å². The minimum absolute atomic E-state index is 0. The van der Waals surface area contributed by atoms with Crippen LogP contribution < -0.4 is 5.32 Å². The van der Waals surface area contributed by atoms with Gasteiger partial charge >= 0.3 is 0 Å². The highest BCUT2D eigenvalue weighted by molar-refractivity contribution is 14.0. The summed E-state index contributed by atoms with van der Waals surface area (Å²) >= 11 is 0. The Balaban J connectivity index is 0.00000243. The van der Waals surface area contributed by atoms with Gasteiger partial charge in [-0.25, -0.2) is 0 Å². The average molecular weight is 465 g/mol. The molecule has 3 rings (SSSR count). The lowest BCUT2D eigenvalue weighted by Gasteiger charge is -2.30. The summed E-state index contributed by atoms with van der Waals surface area (Å²) in [6, 6.07) is 12.6. The molecule has 0 spiro atoms. The Morgan fingerprint density at radius 2 is 2.08 bits per heavy atom. The van der Waals surface area contributed by atoms with Gasteiger partial charge in [0.05, 0.1) is 0 Å². The lowest BCUT2D eigenvalue weighted by atomic mass is 10.00. The van der Waals surface area contributed by atoms with E-state index in [0.717, 1.165) is 51.5 Å². The first kappa shape index (κ1) is 20.5. The summed E-state index contributed by atoms with van der Waals surface area (Å²) in [4.78, 5) is 7.13. The molecule has 6 heteroatoms. The van der Waals surface area contributed by atoms with Gasteiger partial charge in [-0.1, -0.05) is 36.4 Å². The van der Waals surface area contributed by atoms with Crippen molar-refractivity contribution >= 4 is 35.5 Å². The smallest absolute Gasteiger partial charge is 0.194 e. The lowest BCUT2D eigenvalue weighted by Crippen LogP contribution is -2.43. The van der Waals surface area contributed by atoms with Crippen LogP contribution in [-0.2, 0) is 6.54 Å². The number of aliphatic imine (C=N–C) groups is 1. The van der Waals surface area contributed by atoms with Crippen molar-refractivity contribution in [2.75, 3.05) is 26.2 Å². The van der Waals surface area contributed by atoms with Crippen molar-refractivity contribution in [3.05, 3.63) is 60.4 Å². The van der Waals surface area contributed by atoms with E-state index in [9.17, 15) is 0 Å². The fraction of sp³-hybridized carbons (Fsp3) is 0.400. The molecule has 0 amide bonds. The van der Waals surface area contributed by atoms with Gasteiger partial charge in [0.1, 0.15) is 0 Å². The molecule has 0 saturated heterocycles. The van der Waals surface area contributed by atoms with Crippen LogP contribution in [0.5, 0.6) is 0 Å². The molecular weight excluding hydrogens is 437 g/mol. The van der Waals surface area contributed by atoms with Crippen LogP contribution >= 0.6 is 24.0 Å². The maximum absolute atomic E-state index is 4.80. The highest BCUT2D eigenvalue weighted by Crippen LogP contribution is 2.21. The monoisotopic (exact) mass is 465 g/mol. The van der Waals surface area contributed by atoms with Crippen molar-refractivity contribution < 1.29 is 0 Å². The second-order valence-corrected chi connectivity index (χ2v) is 6.15. The standard InChI is InChI=1S/C20H27N5.HI/c1-2-21-20(22-12-6-14-25-15-7-13-23-25)24-16-10-19(11-17-24)18-8-4-3-5-9-18;/h3-5,7-10,13,15H,2,6,11-12,14,16-17H2,1H3,(H,21,22);1H. The number of rotatable bonds is 6. The van der Waals surface area contributed by atoms with Crippen LogP contribution in [0.15, 0.2) is 59.9 Å². The average Bonchev–Trinajstić information content (AvgIpc) is 3.19. The number of nitrogens with zero attached hydrogens (tertiary/aromatic N) is 4. The van der Waals surface area contributed by atoms with Crippen LogP contribution in [0.3, 0.4) is 0 Å². The third-order valence-electron chi connectivity index (χ3n) is 4.35. The summed E-state index contributed by atoms with van der Waals surface area (Å²) in [6.45, 7) is 6.65. The van der Waals surface area contributed by atoms with Crippen molar-refractivity contribution in [2.24, 2.45) is 4.99 Å². The molecule has 0 aliphatic carbocycles. The molecule has 1 aromatic carbocycles. The molecule has 2 aromatic rings. The number of aromatic nitrogens is 2. The van der Waals surface area contributed by atoms with Gasteiger partial charge in [-0.05, 0) is 37.0 Å². The number of halogens is 1. The third kappa shape index (κ3) is 5.86. The second-order valence-electron chi connectivity index (χ2n) is 6.15. The van der Waals surface area contributed by atoms with E-state index in [2.05, 4.69) is 58.6 Å². The van der Waals surface area contributed by atoms with Gasteiger partial charge in [0.25, 0.3) is 0 Å².